The van der Waals surface area contributed by atoms with E-state index in [2.05, 4.69) is 10.6 Å². The van der Waals surface area contributed by atoms with Gasteiger partial charge in [-0.1, -0.05) is 30.3 Å². The van der Waals surface area contributed by atoms with Crippen LogP contribution in [0, 0.1) is 0 Å². The van der Waals surface area contributed by atoms with Crippen molar-refractivity contribution in [1.82, 2.24) is 15.5 Å². The van der Waals surface area contributed by atoms with E-state index in [1.807, 2.05) is 30.3 Å². The molecule has 0 bridgehead atoms. The Bertz CT molecular complexity index is 547. The van der Waals surface area contributed by atoms with Crippen LogP contribution in [0.2, 0.25) is 0 Å². The lowest BCUT2D eigenvalue weighted by Gasteiger charge is -2.13. The maximum absolute atomic E-state index is 12.2. The van der Waals surface area contributed by atoms with E-state index in [9.17, 15) is 14.4 Å². The molecule has 0 unspecified atom stereocenters. The number of methoxy groups -OCH3 is 1. The predicted molar refractivity (Wildman–Crippen MR) is 79.1 cm³/mol. The van der Waals surface area contributed by atoms with E-state index in [1.54, 1.807) is 0 Å². The van der Waals surface area contributed by atoms with Crippen molar-refractivity contribution in [1.29, 1.82) is 0 Å². The Hall–Kier alpha value is -2.41. The molecule has 2 rings (SSSR count). The topological polar surface area (TPSA) is 87.7 Å². The molecule has 0 aromatic heterocycles. The van der Waals surface area contributed by atoms with Gasteiger partial charge in [-0.2, -0.15) is 0 Å². The van der Waals surface area contributed by atoms with E-state index >= 15 is 0 Å². The number of carbonyl (C=O) groups is 3. The molecule has 1 aliphatic heterocycles. The van der Waals surface area contributed by atoms with E-state index in [0.717, 1.165) is 10.5 Å². The van der Waals surface area contributed by atoms with Gasteiger partial charge in [0.15, 0.2) is 0 Å². The van der Waals surface area contributed by atoms with Crippen molar-refractivity contribution >= 4 is 17.8 Å². The van der Waals surface area contributed by atoms with Crippen molar-refractivity contribution in [3.8, 4) is 0 Å². The van der Waals surface area contributed by atoms with Crippen molar-refractivity contribution in [2.75, 3.05) is 26.8 Å². The summed E-state index contributed by atoms with van der Waals surface area (Å²) >= 11 is 0. The first kappa shape index (κ1) is 16.0. The number of carbonyl (C=O) groups excluding carboxylic acids is 3. The Morgan fingerprint density at radius 3 is 2.73 bits per heavy atom. The molecule has 1 aromatic rings. The molecular formula is C15H19N3O4. The van der Waals surface area contributed by atoms with Crippen LogP contribution in [0.1, 0.15) is 5.56 Å². The largest absolute Gasteiger partial charge is 0.383 e. The Labute approximate surface area is 128 Å². The highest BCUT2D eigenvalue weighted by atomic mass is 16.5. The average molecular weight is 305 g/mol. The number of urea groups is 1. The zero-order chi connectivity index (χ0) is 15.9. The summed E-state index contributed by atoms with van der Waals surface area (Å²) in [6, 6.07) is 8.25. The first-order chi connectivity index (χ1) is 10.6. The van der Waals surface area contributed by atoms with E-state index in [4.69, 9.17) is 4.74 Å². The molecule has 22 heavy (non-hydrogen) atoms. The number of rotatable bonds is 7. The standard InChI is InChI=1S/C15H19N3O4/c1-22-8-7-16-13(19)10-18-14(20)12(17-15(18)21)9-11-5-3-2-4-6-11/h2-6,12H,7-10H2,1H3,(H,16,19)(H,17,21)/t12-/m1/s1. The molecule has 2 N–H and O–H groups in total. The number of nitrogens with zero attached hydrogens (tertiary/aromatic N) is 1. The molecule has 1 fully saturated rings. The minimum Gasteiger partial charge on any atom is -0.383 e. The Kier molecular flexibility index (Phi) is 5.48. The van der Waals surface area contributed by atoms with Gasteiger partial charge < -0.3 is 15.4 Å². The van der Waals surface area contributed by atoms with Gasteiger partial charge in [-0.15, -0.1) is 0 Å². The van der Waals surface area contributed by atoms with Gasteiger partial charge in [0.25, 0.3) is 5.91 Å². The summed E-state index contributed by atoms with van der Waals surface area (Å²) in [6.07, 6.45) is 0.410. The van der Waals surface area contributed by atoms with Crippen LogP contribution in [0.4, 0.5) is 4.79 Å². The van der Waals surface area contributed by atoms with Crippen molar-refractivity contribution < 1.29 is 19.1 Å². The summed E-state index contributed by atoms with van der Waals surface area (Å²) < 4.78 is 4.81. The highest BCUT2D eigenvalue weighted by Gasteiger charge is 2.38. The fourth-order valence-electron chi connectivity index (χ4n) is 2.21. The molecule has 1 saturated heterocycles. The van der Waals surface area contributed by atoms with Gasteiger partial charge in [0, 0.05) is 20.1 Å². The van der Waals surface area contributed by atoms with Gasteiger partial charge in [0.1, 0.15) is 12.6 Å². The highest BCUT2D eigenvalue weighted by Crippen LogP contribution is 2.11. The van der Waals surface area contributed by atoms with Crippen LogP contribution in [-0.4, -0.2) is 55.6 Å². The molecule has 0 saturated carbocycles. The Morgan fingerprint density at radius 2 is 2.05 bits per heavy atom. The summed E-state index contributed by atoms with van der Waals surface area (Å²) in [4.78, 5) is 36.7. The third kappa shape index (κ3) is 4.05. The first-order valence-corrected chi connectivity index (χ1v) is 7.03. The van der Waals surface area contributed by atoms with Gasteiger partial charge in [0.05, 0.1) is 6.61 Å². The minimum absolute atomic E-state index is 0.278. The predicted octanol–water partition coefficient (Wildman–Crippen LogP) is -0.0879. The maximum Gasteiger partial charge on any atom is 0.325 e. The average Bonchev–Trinajstić information content (AvgIpc) is 2.76. The molecule has 7 nitrogen and oxygen atoms in total. The minimum atomic E-state index is -0.623. The third-order valence-electron chi connectivity index (χ3n) is 3.32. The number of benzene rings is 1. The molecule has 1 heterocycles. The molecule has 1 atom stereocenters. The highest BCUT2D eigenvalue weighted by molar-refractivity contribution is 6.06. The smallest absolute Gasteiger partial charge is 0.325 e. The maximum atomic E-state index is 12.2. The van der Waals surface area contributed by atoms with Crippen LogP contribution in [0.15, 0.2) is 30.3 Å². The summed E-state index contributed by atoms with van der Waals surface area (Å²) in [5, 5.41) is 5.19. The van der Waals surface area contributed by atoms with Gasteiger partial charge in [-0.25, -0.2) is 4.79 Å². The molecule has 0 radical (unpaired) electrons. The van der Waals surface area contributed by atoms with Crippen molar-refractivity contribution in [2.24, 2.45) is 0 Å². The number of amides is 4. The molecule has 4 amide bonds. The molecule has 1 aliphatic rings. The van der Waals surface area contributed by atoms with Crippen LogP contribution in [0.3, 0.4) is 0 Å². The van der Waals surface area contributed by atoms with Crippen LogP contribution in [0.5, 0.6) is 0 Å². The van der Waals surface area contributed by atoms with Crippen molar-refractivity contribution in [2.45, 2.75) is 12.5 Å². The Balaban J connectivity index is 1.90. The van der Waals surface area contributed by atoms with Crippen molar-refractivity contribution in [3.63, 3.8) is 0 Å². The monoisotopic (exact) mass is 305 g/mol. The molecule has 0 aliphatic carbocycles. The van der Waals surface area contributed by atoms with Gasteiger partial charge in [-0.05, 0) is 5.56 Å². The second kappa shape index (κ2) is 7.56. The summed E-state index contributed by atoms with van der Waals surface area (Å²) in [7, 11) is 1.53. The fourth-order valence-corrected chi connectivity index (χ4v) is 2.21. The zero-order valence-electron chi connectivity index (χ0n) is 12.4. The zero-order valence-corrected chi connectivity index (χ0v) is 12.4. The number of nitrogens with one attached hydrogen (secondary N) is 2. The number of hydrogen-bond donors (Lipinski definition) is 2. The van der Waals surface area contributed by atoms with E-state index in [-0.39, 0.29) is 18.4 Å². The van der Waals surface area contributed by atoms with Gasteiger partial charge in [-0.3, -0.25) is 14.5 Å². The molecule has 118 valence electrons. The summed E-state index contributed by atoms with van der Waals surface area (Å²) in [5.74, 6) is -0.767. The molecular weight excluding hydrogens is 286 g/mol. The normalized spacial score (nSPS) is 17.5. The summed E-state index contributed by atoms with van der Waals surface area (Å²) in [6.45, 7) is 0.439. The van der Waals surface area contributed by atoms with Crippen LogP contribution in [-0.2, 0) is 20.7 Å². The lowest BCUT2D eigenvalue weighted by Crippen LogP contribution is -2.42. The molecule has 7 heteroatoms. The van der Waals surface area contributed by atoms with E-state index in [0.29, 0.717) is 19.6 Å². The number of ether oxygens (including phenoxy) is 1. The van der Waals surface area contributed by atoms with Gasteiger partial charge >= 0.3 is 6.03 Å². The second-order valence-electron chi connectivity index (χ2n) is 4.96. The first-order valence-electron chi connectivity index (χ1n) is 7.03. The van der Waals surface area contributed by atoms with Gasteiger partial charge in [0.2, 0.25) is 5.91 Å². The second-order valence-corrected chi connectivity index (χ2v) is 4.96. The van der Waals surface area contributed by atoms with Crippen LogP contribution in [0.25, 0.3) is 0 Å². The lowest BCUT2D eigenvalue weighted by molar-refractivity contribution is -0.132. The summed E-state index contributed by atoms with van der Waals surface area (Å²) in [5.41, 5.74) is 0.951. The lowest BCUT2D eigenvalue weighted by atomic mass is 10.1. The van der Waals surface area contributed by atoms with E-state index in [1.165, 1.54) is 7.11 Å². The molecule has 1 aromatic carbocycles. The quantitative estimate of drug-likeness (QED) is 0.544. The van der Waals surface area contributed by atoms with Crippen LogP contribution < -0.4 is 10.6 Å². The molecule has 0 spiro atoms. The number of hydrogen-bond acceptors (Lipinski definition) is 4. The van der Waals surface area contributed by atoms with Crippen molar-refractivity contribution in [3.05, 3.63) is 35.9 Å². The number of imide groups is 1. The van der Waals surface area contributed by atoms with E-state index < -0.39 is 12.1 Å². The Morgan fingerprint density at radius 1 is 1.32 bits per heavy atom. The third-order valence-corrected chi connectivity index (χ3v) is 3.32. The van der Waals surface area contributed by atoms with Crippen LogP contribution >= 0.6 is 0 Å². The fraction of sp³-hybridized carbons (Fsp3) is 0.400. The SMILES string of the molecule is COCCNC(=O)CN1C(=O)N[C@H](Cc2ccccc2)C1=O.